The highest BCUT2D eigenvalue weighted by molar-refractivity contribution is 7.98. The summed E-state index contributed by atoms with van der Waals surface area (Å²) in [7, 11) is 0. The molecule has 0 radical (unpaired) electrons. The maximum atomic E-state index is 6.41. The Labute approximate surface area is 138 Å². The Kier molecular flexibility index (Phi) is 4.21. The van der Waals surface area contributed by atoms with Gasteiger partial charge in [-0.2, -0.15) is 0 Å². The molecule has 0 unspecified atom stereocenters. The van der Waals surface area contributed by atoms with Gasteiger partial charge in [0, 0.05) is 37.6 Å². The number of aromatic nitrogens is 1. The molecular formula is C17H15Cl2NS. The van der Waals surface area contributed by atoms with E-state index in [1.165, 1.54) is 15.8 Å². The average molecular weight is 336 g/mol. The van der Waals surface area contributed by atoms with Gasteiger partial charge >= 0.3 is 0 Å². The first-order valence-corrected chi connectivity index (χ1v) is 8.64. The van der Waals surface area contributed by atoms with Crippen LogP contribution in [0.15, 0.2) is 47.5 Å². The van der Waals surface area contributed by atoms with E-state index in [2.05, 4.69) is 41.3 Å². The van der Waals surface area contributed by atoms with Crippen LogP contribution >= 0.6 is 35.0 Å². The Morgan fingerprint density at radius 3 is 2.67 bits per heavy atom. The number of hydrogen-bond donors (Lipinski definition) is 0. The molecule has 0 atom stereocenters. The van der Waals surface area contributed by atoms with Gasteiger partial charge in [0.25, 0.3) is 0 Å². The Morgan fingerprint density at radius 2 is 1.90 bits per heavy atom. The van der Waals surface area contributed by atoms with Crippen LogP contribution in [0.2, 0.25) is 10.0 Å². The van der Waals surface area contributed by atoms with Gasteiger partial charge < -0.3 is 4.57 Å². The van der Waals surface area contributed by atoms with Gasteiger partial charge in [0.15, 0.2) is 0 Å². The van der Waals surface area contributed by atoms with Crippen molar-refractivity contribution in [2.75, 3.05) is 6.26 Å². The smallest absolute Gasteiger partial charge is 0.0505 e. The molecule has 4 heteroatoms. The lowest BCUT2D eigenvalue weighted by atomic mass is 10.1. The van der Waals surface area contributed by atoms with Crippen LogP contribution in [0.5, 0.6) is 0 Å². The Balaban J connectivity index is 2.05. The molecule has 0 saturated heterocycles. The first kappa shape index (κ1) is 14.8. The predicted octanol–water partition coefficient (Wildman–Crippen LogP) is 6.03. The number of benzene rings is 2. The summed E-state index contributed by atoms with van der Waals surface area (Å²) in [6, 6.07) is 12.5. The second-order valence-corrected chi connectivity index (χ2v) is 6.69. The molecule has 0 fully saturated rings. The highest BCUT2D eigenvalue weighted by Gasteiger charge is 2.10. The van der Waals surface area contributed by atoms with Crippen LogP contribution in [-0.2, 0) is 6.54 Å². The number of fused-ring (bicyclic) bond motifs is 1. The molecule has 0 amide bonds. The van der Waals surface area contributed by atoms with Crippen LogP contribution in [0, 0.1) is 6.92 Å². The lowest BCUT2D eigenvalue weighted by molar-refractivity contribution is 0.836. The highest BCUT2D eigenvalue weighted by atomic mass is 35.5. The summed E-state index contributed by atoms with van der Waals surface area (Å²) in [6.45, 7) is 2.68. The van der Waals surface area contributed by atoms with Crippen LogP contribution in [-0.4, -0.2) is 10.8 Å². The average Bonchev–Trinajstić information content (AvgIpc) is 2.89. The molecule has 3 rings (SSSR count). The highest BCUT2D eigenvalue weighted by Crippen LogP contribution is 2.30. The SMILES string of the molecule is CSc1ccc2c(ccn2Cc2c(Cl)ccc(C)c2Cl)c1. The monoisotopic (exact) mass is 335 g/mol. The number of aryl methyl sites for hydroxylation is 1. The van der Waals surface area contributed by atoms with Gasteiger partial charge in [-0.3, -0.25) is 0 Å². The zero-order valence-corrected chi connectivity index (χ0v) is 14.2. The molecule has 0 bridgehead atoms. The third-order valence-corrected chi connectivity index (χ3v) is 5.29. The van der Waals surface area contributed by atoms with E-state index < -0.39 is 0 Å². The molecule has 0 spiro atoms. The van der Waals surface area contributed by atoms with E-state index in [9.17, 15) is 0 Å². The van der Waals surface area contributed by atoms with Gasteiger partial charge in [-0.15, -0.1) is 11.8 Å². The molecule has 0 aliphatic rings. The molecule has 2 aromatic carbocycles. The molecule has 1 nitrogen and oxygen atoms in total. The molecule has 21 heavy (non-hydrogen) atoms. The van der Waals surface area contributed by atoms with E-state index in [0.717, 1.165) is 16.1 Å². The van der Waals surface area contributed by atoms with Gasteiger partial charge in [-0.05, 0) is 49.1 Å². The zero-order valence-electron chi connectivity index (χ0n) is 11.9. The largest absolute Gasteiger partial charge is 0.343 e. The van der Waals surface area contributed by atoms with Crippen molar-refractivity contribution in [3.63, 3.8) is 0 Å². The van der Waals surface area contributed by atoms with Crippen molar-refractivity contribution in [1.82, 2.24) is 4.57 Å². The van der Waals surface area contributed by atoms with Crippen molar-refractivity contribution in [2.24, 2.45) is 0 Å². The summed E-state index contributed by atoms with van der Waals surface area (Å²) < 4.78 is 2.19. The summed E-state index contributed by atoms with van der Waals surface area (Å²) in [5, 5.41) is 2.71. The van der Waals surface area contributed by atoms with Crippen molar-refractivity contribution >= 4 is 45.9 Å². The Hall–Kier alpha value is -1.09. The maximum Gasteiger partial charge on any atom is 0.0505 e. The van der Waals surface area contributed by atoms with Gasteiger partial charge in [0.1, 0.15) is 0 Å². The molecule has 0 aliphatic heterocycles. The number of nitrogens with zero attached hydrogens (tertiary/aromatic N) is 1. The second kappa shape index (κ2) is 5.96. The molecular weight excluding hydrogens is 321 g/mol. The fourth-order valence-electron chi connectivity index (χ4n) is 2.47. The standard InChI is InChI=1S/C17H15Cl2NS/c1-11-3-5-15(18)14(17(11)19)10-20-8-7-12-9-13(21-2)4-6-16(12)20/h3-9H,10H2,1-2H3. The molecule has 1 heterocycles. The fraction of sp³-hybridized carbons (Fsp3) is 0.176. The number of hydrogen-bond acceptors (Lipinski definition) is 1. The first-order valence-electron chi connectivity index (χ1n) is 6.66. The van der Waals surface area contributed by atoms with Crippen LogP contribution in [0.3, 0.4) is 0 Å². The van der Waals surface area contributed by atoms with Gasteiger partial charge in [0.2, 0.25) is 0 Å². The first-order chi connectivity index (χ1) is 10.1. The third kappa shape index (κ3) is 2.80. The van der Waals surface area contributed by atoms with Gasteiger partial charge in [-0.1, -0.05) is 29.3 Å². The minimum Gasteiger partial charge on any atom is -0.343 e. The number of rotatable bonds is 3. The van der Waals surface area contributed by atoms with Crippen molar-refractivity contribution in [3.8, 4) is 0 Å². The molecule has 0 N–H and O–H groups in total. The van der Waals surface area contributed by atoms with E-state index in [4.69, 9.17) is 23.2 Å². The van der Waals surface area contributed by atoms with E-state index >= 15 is 0 Å². The quantitative estimate of drug-likeness (QED) is 0.529. The van der Waals surface area contributed by atoms with Crippen LogP contribution in [0.1, 0.15) is 11.1 Å². The van der Waals surface area contributed by atoms with E-state index in [0.29, 0.717) is 11.6 Å². The second-order valence-electron chi connectivity index (χ2n) is 5.03. The summed E-state index contributed by atoms with van der Waals surface area (Å²) in [6.07, 6.45) is 4.17. The van der Waals surface area contributed by atoms with Gasteiger partial charge in [-0.25, -0.2) is 0 Å². The topological polar surface area (TPSA) is 4.93 Å². The van der Waals surface area contributed by atoms with Crippen molar-refractivity contribution in [3.05, 3.63) is 63.8 Å². The Morgan fingerprint density at radius 1 is 1.10 bits per heavy atom. The van der Waals surface area contributed by atoms with Crippen LogP contribution in [0.4, 0.5) is 0 Å². The van der Waals surface area contributed by atoms with Crippen molar-refractivity contribution in [1.29, 1.82) is 0 Å². The lowest BCUT2D eigenvalue weighted by Crippen LogP contribution is -2.00. The normalized spacial score (nSPS) is 11.2. The Bertz CT molecular complexity index is 808. The van der Waals surface area contributed by atoms with E-state index in [-0.39, 0.29) is 0 Å². The summed E-state index contributed by atoms with van der Waals surface area (Å²) in [4.78, 5) is 1.27. The van der Waals surface area contributed by atoms with E-state index in [1.54, 1.807) is 11.8 Å². The molecule has 3 aromatic rings. The number of thioether (sulfide) groups is 1. The zero-order chi connectivity index (χ0) is 15.0. The third-order valence-electron chi connectivity index (χ3n) is 3.69. The number of halogens is 2. The molecule has 0 saturated carbocycles. The predicted molar refractivity (Wildman–Crippen MR) is 94.0 cm³/mol. The minimum absolute atomic E-state index is 0.682. The minimum atomic E-state index is 0.682. The summed E-state index contributed by atoms with van der Waals surface area (Å²) in [5.74, 6) is 0. The van der Waals surface area contributed by atoms with Gasteiger partial charge in [0.05, 0.1) is 6.54 Å². The van der Waals surface area contributed by atoms with E-state index in [1.807, 2.05) is 19.1 Å². The molecule has 1 aromatic heterocycles. The lowest BCUT2D eigenvalue weighted by Gasteiger charge is -2.11. The van der Waals surface area contributed by atoms with Crippen LogP contribution < -0.4 is 0 Å². The van der Waals surface area contributed by atoms with Crippen molar-refractivity contribution < 1.29 is 0 Å². The van der Waals surface area contributed by atoms with Crippen molar-refractivity contribution in [2.45, 2.75) is 18.4 Å². The maximum absolute atomic E-state index is 6.41. The van der Waals surface area contributed by atoms with Crippen LogP contribution in [0.25, 0.3) is 10.9 Å². The molecule has 0 aliphatic carbocycles. The molecule has 108 valence electrons. The summed E-state index contributed by atoms with van der Waals surface area (Å²) in [5.41, 5.74) is 3.23. The summed E-state index contributed by atoms with van der Waals surface area (Å²) >= 11 is 14.5. The fourth-order valence-corrected chi connectivity index (χ4v) is 3.41.